The number of carbonyl (C=O) groups excluding carboxylic acids is 1. The predicted octanol–water partition coefficient (Wildman–Crippen LogP) is 5.52. The Hall–Kier alpha value is -2.21. The van der Waals surface area contributed by atoms with Crippen LogP contribution < -0.4 is 0 Å². The molecule has 2 aromatic carbocycles. The molecule has 0 fully saturated rings. The van der Waals surface area contributed by atoms with E-state index in [0.29, 0.717) is 5.39 Å². The first-order valence-corrected chi connectivity index (χ1v) is 8.50. The van der Waals surface area contributed by atoms with E-state index in [1.165, 1.54) is 31.4 Å². The third-order valence-corrected chi connectivity index (χ3v) is 4.86. The van der Waals surface area contributed by atoms with Crippen molar-refractivity contribution in [1.29, 1.82) is 0 Å². The summed E-state index contributed by atoms with van der Waals surface area (Å²) in [4.78, 5) is 24.4. The molecule has 5 nitrogen and oxygen atoms in total. The van der Waals surface area contributed by atoms with Gasteiger partial charge in [-0.1, -0.05) is 34.8 Å². The number of benzene rings is 2. The third kappa shape index (κ3) is 3.03. The summed E-state index contributed by atoms with van der Waals surface area (Å²) in [6, 6.07) is 5.73. The molecule has 0 amide bonds. The lowest BCUT2D eigenvalue weighted by molar-refractivity contribution is -0.138. The second kappa shape index (κ2) is 6.83. The van der Waals surface area contributed by atoms with Crippen molar-refractivity contribution in [2.24, 2.45) is 0 Å². The van der Waals surface area contributed by atoms with Gasteiger partial charge in [0.15, 0.2) is 0 Å². The standard InChI is InChI=1S/C18H11Cl3O5/c1-7(18(24)25)10-4-8-2-3-26-17(8)14(15(10)22)16(23)13-11(20)5-9(19)6-12(13)21/h2-7,22H,1H3,(H,24,25). The van der Waals surface area contributed by atoms with Gasteiger partial charge in [0.1, 0.15) is 16.9 Å². The second-order valence-corrected chi connectivity index (χ2v) is 6.91. The van der Waals surface area contributed by atoms with Gasteiger partial charge in [-0.15, -0.1) is 0 Å². The Labute approximate surface area is 162 Å². The van der Waals surface area contributed by atoms with Crippen LogP contribution in [0.4, 0.5) is 0 Å². The summed E-state index contributed by atoms with van der Waals surface area (Å²) in [6.07, 6.45) is 1.33. The van der Waals surface area contributed by atoms with E-state index in [1.807, 2.05) is 0 Å². The van der Waals surface area contributed by atoms with Crippen LogP contribution in [0.3, 0.4) is 0 Å². The van der Waals surface area contributed by atoms with Gasteiger partial charge < -0.3 is 14.6 Å². The molecule has 2 N–H and O–H groups in total. The van der Waals surface area contributed by atoms with Crippen LogP contribution in [0, 0.1) is 0 Å². The number of ketones is 1. The monoisotopic (exact) mass is 412 g/mol. The van der Waals surface area contributed by atoms with Crippen molar-refractivity contribution in [2.75, 3.05) is 0 Å². The molecule has 0 bridgehead atoms. The fourth-order valence-corrected chi connectivity index (χ4v) is 3.67. The highest BCUT2D eigenvalue weighted by Crippen LogP contribution is 2.40. The van der Waals surface area contributed by atoms with Crippen LogP contribution in [-0.4, -0.2) is 22.0 Å². The summed E-state index contributed by atoms with van der Waals surface area (Å²) in [7, 11) is 0. The number of carboxylic acids is 1. The molecule has 0 aliphatic carbocycles. The van der Waals surface area contributed by atoms with Gasteiger partial charge in [-0.25, -0.2) is 0 Å². The quantitative estimate of drug-likeness (QED) is 0.550. The molecular weight excluding hydrogens is 403 g/mol. The van der Waals surface area contributed by atoms with Crippen molar-refractivity contribution < 1.29 is 24.2 Å². The molecule has 134 valence electrons. The van der Waals surface area contributed by atoms with E-state index in [0.717, 1.165) is 0 Å². The number of furan rings is 1. The van der Waals surface area contributed by atoms with E-state index in [-0.39, 0.29) is 37.3 Å². The number of hydrogen-bond acceptors (Lipinski definition) is 4. The van der Waals surface area contributed by atoms with Crippen molar-refractivity contribution in [3.8, 4) is 5.75 Å². The Bertz CT molecular complexity index is 1030. The summed E-state index contributed by atoms with van der Waals surface area (Å²) in [5.74, 6) is -3.39. The van der Waals surface area contributed by atoms with Gasteiger partial charge >= 0.3 is 5.97 Å². The van der Waals surface area contributed by atoms with Crippen molar-refractivity contribution in [3.63, 3.8) is 0 Å². The Morgan fingerprint density at radius 2 is 1.69 bits per heavy atom. The number of phenolic OH excluding ortho intramolecular Hbond substituents is 1. The Morgan fingerprint density at radius 3 is 2.27 bits per heavy atom. The van der Waals surface area contributed by atoms with E-state index < -0.39 is 23.4 Å². The van der Waals surface area contributed by atoms with E-state index in [4.69, 9.17) is 39.2 Å². The zero-order chi connectivity index (χ0) is 19.2. The van der Waals surface area contributed by atoms with Gasteiger partial charge in [-0.2, -0.15) is 0 Å². The largest absolute Gasteiger partial charge is 0.507 e. The van der Waals surface area contributed by atoms with E-state index in [1.54, 1.807) is 6.07 Å². The van der Waals surface area contributed by atoms with Crippen LogP contribution in [0.25, 0.3) is 11.0 Å². The number of aromatic hydroxyl groups is 1. The van der Waals surface area contributed by atoms with E-state index in [9.17, 15) is 19.8 Å². The second-order valence-electron chi connectivity index (χ2n) is 5.66. The Morgan fingerprint density at radius 1 is 1.08 bits per heavy atom. The summed E-state index contributed by atoms with van der Waals surface area (Å²) < 4.78 is 5.33. The van der Waals surface area contributed by atoms with Gasteiger partial charge in [0.2, 0.25) is 5.78 Å². The van der Waals surface area contributed by atoms with Crippen LogP contribution in [0.5, 0.6) is 5.75 Å². The van der Waals surface area contributed by atoms with Crippen molar-refractivity contribution in [3.05, 3.63) is 62.3 Å². The smallest absolute Gasteiger partial charge is 0.310 e. The average Bonchev–Trinajstić information content (AvgIpc) is 3.00. The number of halogens is 3. The molecule has 1 unspecified atom stereocenters. The molecule has 0 saturated carbocycles. The number of rotatable bonds is 4. The highest BCUT2D eigenvalue weighted by atomic mass is 35.5. The summed E-state index contributed by atoms with van der Waals surface area (Å²) in [5.41, 5.74) is -0.0838. The minimum absolute atomic E-state index is 0.00305. The molecule has 0 aliphatic rings. The maximum atomic E-state index is 13.1. The number of phenols is 1. The molecule has 0 aliphatic heterocycles. The van der Waals surface area contributed by atoms with Crippen molar-refractivity contribution >= 4 is 57.5 Å². The molecule has 1 heterocycles. The first-order chi connectivity index (χ1) is 12.2. The zero-order valence-corrected chi connectivity index (χ0v) is 15.5. The third-order valence-electron chi connectivity index (χ3n) is 4.04. The van der Waals surface area contributed by atoms with Gasteiger partial charge in [0, 0.05) is 16.0 Å². The lowest BCUT2D eigenvalue weighted by atomic mass is 9.92. The number of carbonyl (C=O) groups is 2. The Balaban J connectivity index is 2.31. The molecule has 26 heavy (non-hydrogen) atoms. The first-order valence-electron chi connectivity index (χ1n) is 7.37. The molecule has 0 radical (unpaired) electrons. The fraction of sp³-hybridized carbons (Fsp3) is 0.111. The van der Waals surface area contributed by atoms with E-state index in [2.05, 4.69) is 0 Å². The van der Waals surface area contributed by atoms with Gasteiger partial charge in [-0.05, 0) is 31.2 Å². The molecular formula is C18H11Cl3O5. The molecule has 8 heteroatoms. The average molecular weight is 414 g/mol. The SMILES string of the molecule is CC(C(=O)O)c1cc2ccoc2c(C(=O)c2c(Cl)cc(Cl)cc2Cl)c1O. The fourth-order valence-electron chi connectivity index (χ4n) is 2.68. The molecule has 1 atom stereocenters. The molecule has 0 spiro atoms. The minimum Gasteiger partial charge on any atom is -0.507 e. The van der Waals surface area contributed by atoms with Crippen LogP contribution in [0.1, 0.15) is 34.3 Å². The number of fused-ring (bicyclic) bond motifs is 1. The minimum atomic E-state index is -1.15. The molecule has 3 aromatic rings. The maximum absolute atomic E-state index is 13.1. The van der Waals surface area contributed by atoms with E-state index >= 15 is 0 Å². The highest BCUT2D eigenvalue weighted by Gasteiger charge is 2.29. The van der Waals surface area contributed by atoms with Crippen LogP contribution >= 0.6 is 34.8 Å². The topological polar surface area (TPSA) is 87.7 Å². The number of hydrogen-bond donors (Lipinski definition) is 2. The molecule has 1 aromatic heterocycles. The van der Waals surface area contributed by atoms with Gasteiger partial charge in [0.05, 0.1) is 27.8 Å². The van der Waals surface area contributed by atoms with Gasteiger partial charge in [-0.3, -0.25) is 9.59 Å². The van der Waals surface area contributed by atoms with Crippen molar-refractivity contribution in [2.45, 2.75) is 12.8 Å². The zero-order valence-electron chi connectivity index (χ0n) is 13.2. The maximum Gasteiger partial charge on any atom is 0.310 e. The molecule has 0 saturated heterocycles. The number of carboxylic acid groups (broad SMARTS) is 1. The number of aliphatic carboxylic acids is 1. The summed E-state index contributed by atoms with van der Waals surface area (Å²) in [6.45, 7) is 1.40. The molecule has 3 rings (SSSR count). The lowest BCUT2D eigenvalue weighted by Gasteiger charge is -2.14. The normalized spacial score (nSPS) is 12.3. The summed E-state index contributed by atoms with van der Waals surface area (Å²) in [5, 5.41) is 20.6. The predicted molar refractivity (Wildman–Crippen MR) is 98.8 cm³/mol. The lowest BCUT2D eigenvalue weighted by Crippen LogP contribution is -2.11. The van der Waals surface area contributed by atoms with Crippen molar-refractivity contribution in [1.82, 2.24) is 0 Å². The first kappa shape index (κ1) is 18.6. The Kier molecular flexibility index (Phi) is 4.88. The summed E-state index contributed by atoms with van der Waals surface area (Å²) >= 11 is 18.1. The van der Waals surface area contributed by atoms with Gasteiger partial charge in [0.25, 0.3) is 0 Å². The van der Waals surface area contributed by atoms with Crippen LogP contribution in [-0.2, 0) is 4.79 Å². The van der Waals surface area contributed by atoms with Crippen LogP contribution in [0.15, 0.2) is 34.9 Å². The highest BCUT2D eigenvalue weighted by molar-refractivity contribution is 6.43. The van der Waals surface area contributed by atoms with Crippen LogP contribution in [0.2, 0.25) is 15.1 Å².